The number of amides is 2. The zero-order valence-electron chi connectivity index (χ0n) is 27.6. The number of hydrogen-bond donors (Lipinski definition) is 4. The number of hydrogen-bond acceptors (Lipinski definition) is 6. The summed E-state index contributed by atoms with van der Waals surface area (Å²) in [4.78, 5) is 45.0. The second-order valence-electron chi connectivity index (χ2n) is 13.4. The lowest BCUT2D eigenvalue weighted by molar-refractivity contribution is -0.137. The van der Waals surface area contributed by atoms with Gasteiger partial charge in [-0.05, 0) is 87.1 Å². The van der Waals surface area contributed by atoms with Crippen molar-refractivity contribution in [3.05, 3.63) is 76.5 Å². The molecule has 1 heterocycles. The van der Waals surface area contributed by atoms with Crippen molar-refractivity contribution in [1.82, 2.24) is 15.5 Å². The Balaban J connectivity index is 1.69. The largest absolute Gasteiger partial charge is 0.481 e. The predicted octanol–water partition coefficient (Wildman–Crippen LogP) is 6.21. The van der Waals surface area contributed by atoms with E-state index in [0.29, 0.717) is 22.9 Å². The molecule has 0 bridgehead atoms. The van der Waals surface area contributed by atoms with E-state index >= 15 is 0 Å². The molecule has 2 aromatic carbocycles. The van der Waals surface area contributed by atoms with Crippen LogP contribution in [0.25, 0.3) is 5.57 Å². The number of allylic oxidation sites excluding steroid dienone is 2. The fourth-order valence-electron chi connectivity index (χ4n) is 6.74. The first-order chi connectivity index (χ1) is 21.2. The van der Waals surface area contributed by atoms with Gasteiger partial charge in [-0.25, -0.2) is 0 Å². The number of carbonyl (C=O) groups is 3. The Labute approximate surface area is 266 Å². The van der Waals surface area contributed by atoms with Crippen LogP contribution in [0, 0.1) is 16.7 Å². The molecule has 4 N–H and O–H groups in total. The number of aliphatic carboxylic acids is 1. The summed E-state index contributed by atoms with van der Waals surface area (Å²) >= 11 is 0. The highest BCUT2D eigenvalue weighted by molar-refractivity contribution is 6.47. The van der Waals surface area contributed by atoms with Gasteiger partial charge in [0, 0.05) is 41.7 Å². The molecule has 1 atom stereocenters. The van der Waals surface area contributed by atoms with Crippen molar-refractivity contribution in [3.8, 4) is 0 Å². The lowest BCUT2D eigenvalue weighted by Gasteiger charge is -2.46. The van der Waals surface area contributed by atoms with E-state index in [2.05, 4.69) is 31.4 Å². The average molecular weight is 614 g/mol. The Morgan fingerprint density at radius 2 is 1.73 bits per heavy atom. The van der Waals surface area contributed by atoms with Gasteiger partial charge in [0.2, 0.25) is 0 Å². The third-order valence-electron chi connectivity index (χ3n) is 9.42. The number of aliphatic imine (C=N–C) groups is 1. The highest BCUT2D eigenvalue weighted by atomic mass is 16.4. The third kappa shape index (κ3) is 7.18. The normalized spacial score (nSPS) is 21.2. The van der Waals surface area contributed by atoms with Crippen LogP contribution >= 0.6 is 0 Å². The summed E-state index contributed by atoms with van der Waals surface area (Å²) in [5.41, 5.74) is 4.96. The molecule has 4 rings (SSSR count). The van der Waals surface area contributed by atoms with Crippen LogP contribution in [0.5, 0.6) is 0 Å². The SMILES string of the molecule is CN/C(C)=C(\C(C)=N)c1cccc(C2=NC3(CCC(C(C)(C)C)CC3)N([C@H](C)c3ccc(C(=O)NCCC(=O)O)cc3)C2=O)c1. The molecule has 0 saturated heterocycles. The Hall–Kier alpha value is -4.27. The Bertz CT molecular complexity index is 1530. The first kappa shape index (κ1) is 33.6. The summed E-state index contributed by atoms with van der Waals surface area (Å²) in [6.45, 7) is 12.6. The first-order valence-corrected chi connectivity index (χ1v) is 15.8. The summed E-state index contributed by atoms with van der Waals surface area (Å²) in [7, 11) is 1.84. The number of rotatable bonds is 10. The van der Waals surface area contributed by atoms with E-state index in [-0.39, 0.29) is 36.2 Å². The number of carboxylic acids is 1. The number of benzene rings is 2. The molecular formula is C36H47N5O4. The summed E-state index contributed by atoms with van der Waals surface area (Å²) in [6, 6.07) is 14.6. The molecule has 0 radical (unpaired) electrons. The first-order valence-electron chi connectivity index (χ1n) is 15.8. The number of nitrogens with zero attached hydrogens (tertiary/aromatic N) is 2. The maximum Gasteiger partial charge on any atom is 0.305 e. The molecular weight excluding hydrogens is 566 g/mol. The molecule has 0 unspecified atom stereocenters. The van der Waals surface area contributed by atoms with E-state index < -0.39 is 11.6 Å². The fourth-order valence-corrected chi connectivity index (χ4v) is 6.74. The van der Waals surface area contributed by atoms with E-state index in [9.17, 15) is 14.4 Å². The zero-order chi connectivity index (χ0) is 33.1. The molecule has 45 heavy (non-hydrogen) atoms. The molecule has 2 amide bonds. The molecule has 0 aromatic heterocycles. The van der Waals surface area contributed by atoms with E-state index in [0.717, 1.165) is 53.6 Å². The quantitative estimate of drug-likeness (QED) is 0.237. The van der Waals surface area contributed by atoms with Gasteiger partial charge >= 0.3 is 5.97 Å². The van der Waals surface area contributed by atoms with E-state index in [1.165, 1.54) is 0 Å². The lowest BCUT2D eigenvalue weighted by Crippen LogP contribution is -2.50. The van der Waals surface area contributed by atoms with Gasteiger partial charge < -0.3 is 26.0 Å². The smallest absolute Gasteiger partial charge is 0.305 e. The van der Waals surface area contributed by atoms with Gasteiger partial charge in [-0.15, -0.1) is 0 Å². The summed E-state index contributed by atoms with van der Waals surface area (Å²) in [5.74, 6) is -0.892. The van der Waals surface area contributed by atoms with Gasteiger partial charge in [-0.2, -0.15) is 0 Å². The van der Waals surface area contributed by atoms with Crippen molar-refractivity contribution in [2.45, 2.75) is 85.4 Å². The van der Waals surface area contributed by atoms with E-state index in [4.69, 9.17) is 15.5 Å². The zero-order valence-corrected chi connectivity index (χ0v) is 27.6. The highest BCUT2D eigenvalue weighted by Crippen LogP contribution is 2.49. The van der Waals surface area contributed by atoms with Crippen molar-refractivity contribution < 1.29 is 19.5 Å². The van der Waals surface area contributed by atoms with Crippen LogP contribution in [0.15, 0.2) is 59.2 Å². The topological polar surface area (TPSA) is 135 Å². The Kier molecular flexibility index (Phi) is 10.00. The standard InChI is InChI=1S/C36H47N5O4/c1-22(37)31(23(2)38-7)27-9-8-10-28(21-27)32-34(45)41(36(40-32)18-15-29(16-19-36)35(4,5)6)24(3)25-11-13-26(14-12-25)33(44)39-20-17-30(42)43/h8-14,21,24,29,37-38H,15-20H2,1-7H3,(H,39,44)(H,42,43)/b31-23+,37-22?/t24-,29?,36?/m1/s1. The van der Waals surface area contributed by atoms with Gasteiger partial charge in [-0.1, -0.05) is 51.1 Å². The van der Waals surface area contributed by atoms with Gasteiger partial charge in [0.15, 0.2) is 0 Å². The summed E-state index contributed by atoms with van der Waals surface area (Å²) in [6.07, 6.45) is 3.32. The van der Waals surface area contributed by atoms with Crippen LogP contribution in [0.2, 0.25) is 0 Å². The van der Waals surface area contributed by atoms with E-state index in [1.54, 1.807) is 19.1 Å². The van der Waals surface area contributed by atoms with Crippen molar-refractivity contribution in [3.63, 3.8) is 0 Å². The lowest BCUT2D eigenvalue weighted by atomic mass is 9.69. The monoisotopic (exact) mass is 613 g/mol. The second-order valence-corrected chi connectivity index (χ2v) is 13.4. The molecule has 240 valence electrons. The minimum atomic E-state index is -0.969. The maximum absolute atomic E-state index is 14.4. The van der Waals surface area contributed by atoms with Crippen LogP contribution < -0.4 is 10.6 Å². The van der Waals surface area contributed by atoms with Crippen LogP contribution in [-0.4, -0.2) is 58.5 Å². The van der Waals surface area contributed by atoms with Crippen molar-refractivity contribution in [1.29, 1.82) is 5.41 Å². The summed E-state index contributed by atoms with van der Waals surface area (Å²) in [5, 5.41) is 23.0. The van der Waals surface area contributed by atoms with Crippen molar-refractivity contribution >= 4 is 34.8 Å². The Morgan fingerprint density at radius 1 is 1.09 bits per heavy atom. The van der Waals surface area contributed by atoms with Crippen LogP contribution in [-0.2, 0) is 9.59 Å². The van der Waals surface area contributed by atoms with Crippen LogP contribution in [0.4, 0.5) is 0 Å². The molecule has 1 fully saturated rings. The molecule has 9 nitrogen and oxygen atoms in total. The maximum atomic E-state index is 14.4. The summed E-state index contributed by atoms with van der Waals surface area (Å²) < 4.78 is 0. The van der Waals surface area contributed by atoms with Crippen molar-refractivity contribution in [2.75, 3.05) is 13.6 Å². The molecule has 1 spiro atoms. The average Bonchev–Trinajstić information content (AvgIpc) is 3.27. The number of nitrogens with one attached hydrogen (secondary N) is 3. The number of carboxylic acid groups (broad SMARTS) is 1. The second kappa shape index (κ2) is 13.4. The van der Waals surface area contributed by atoms with Gasteiger partial charge in [0.25, 0.3) is 11.8 Å². The van der Waals surface area contributed by atoms with Gasteiger partial charge in [0.05, 0.1) is 12.5 Å². The third-order valence-corrected chi connectivity index (χ3v) is 9.42. The van der Waals surface area contributed by atoms with Crippen LogP contribution in [0.3, 0.4) is 0 Å². The molecule has 2 aliphatic rings. The molecule has 2 aromatic rings. The predicted molar refractivity (Wildman–Crippen MR) is 178 cm³/mol. The number of carbonyl (C=O) groups excluding carboxylic acids is 2. The molecule has 9 heteroatoms. The molecule has 1 aliphatic heterocycles. The fraction of sp³-hybridized carbons (Fsp3) is 0.472. The van der Waals surface area contributed by atoms with E-state index in [1.807, 2.05) is 62.2 Å². The van der Waals surface area contributed by atoms with Gasteiger partial charge in [0.1, 0.15) is 11.4 Å². The molecule has 1 saturated carbocycles. The molecule has 1 aliphatic carbocycles. The van der Waals surface area contributed by atoms with Crippen molar-refractivity contribution in [2.24, 2.45) is 16.3 Å². The van der Waals surface area contributed by atoms with Gasteiger partial charge in [-0.3, -0.25) is 19.4 Å². The Morgan fingerprint density at radius 3 is 2.29 bits per heavy atom. The minimum Gasteiger partial charge on any atom is -0.481 e. The minimum absolute atomic E-state index is 0.0548. The highest BCUT2D eigenvalue weighted by Gasteiger charge is 2.52. The van der Waals surface area contributed by atoms with Crippen LogP contribution in [0.1, 0.15) is 107 Å².